The van der Waals surface area contributed by atoms with E-state index in [2.05, 4.69) is 34.3 Å². The minimum absolute atomic E-state index is 0.285. The van der Waals surface area contributed by atoms with Crippen LogP contribution in [0.2, 0.25) is 0 Å². The lowest BCUT2D eigenvalue weighted by atomic mass is 10.1. The second kappa shape index (κ2) is 9.98. The second-order valence-corrected chi connectivity index (χ2v) is 5.75. The highest BCUT2D eigenvalue weighted by molar-refractivity contribution is 5.86. The number of hydrogen-bond acceptors (Lipinski definition) is 2. The lowest BCUT2D eigenvalue weighted by Gasteiger charge is -2.43. The zero-order valence-electron chi connectivity index (χ0n) is 13.9. The van der Waals surface area contributed by atoms with Crippen molar-refractivity contribution in [3.8, 4) is 0 Å². The van der Waals surface area contributed by atoms with Gasteiger partial charge in [0, 0.05) is 18.9 Å². The molecule has 1 radical (unpaired) electrons. The van der Waals surface area contributed by atoms with E-state index in [9.17, 15) is 4.79 Å². The highest BCUT2D eigenvalue weighted by atomic mass is 16.5. The smallest absolute Gasteiger partial charge is 0.333 e. The maximum absolute atomic E-state index is 11.4. The molecule has 0 aromatic rings. The van der Waals surface area contributed by atoms with Gasteiger partial charge in [-0.1, -0.05) is 27.4 Å². The van der Waals surface area contributed by atoms with Crippen LogP contribution >= 0.6 is 0 Å². The lowest BCUT2D eigenvalue weighted by Crippen LogP contribution is -2.56. The van der Waals surface area contributed by atoms with Crippen molar-refractivity contribution in [2.24, 2.45) is 0 Å². The minimum Gasteiger partial charge on any atom is -0.462 e. The average Bonchev–Trinajstić information content (AvgIpc) is 2.38. The van der Waals surface area contributed by atoms with Gasteiger partial charge in [0.2, 0.25) is 0 Å². The van der Waals surface area contributed by atoms with Gasteiger partial charge in [-0.05, 0) is 26.2 Å². The quantitative estimate of drug-likeness (QED) is 0.328. The number of ether oxygens (including phenoxy) is 1. The molecule has 1 unspecified atom stereocenters. The first-order valence-corrected chi connectivity index (χ1v) is 7.95. The summed E-state index contributed by atoms with van der Waals surface area (Å²) in [5.41, 5.74) is 0.460. The fourth-order valence-electron chi connectivity index (χ4n) is 2.90. The summed E-state index contributed by atoms with van der Waals surface area (Å²) < 4.78 is 6.26. The zero-order valence-corrected chi connectivity index (χ0v) is 13.9. The monoisotopic (exact) mass is 283 g/mol. The zero-order chi connectivity index (χ0) is 15.6. The van der Waals surface area contributed by atoms with Crippen molar-refractivity contribution in [2.45, 2.75) is 59.4 Å². The van der Waals surface area contributed by atoms with E-state index in [0.29, 0.717) is 12.2 Å². The van der Waals surface area contributed by atoms with Gasteiger partial charge in [-0.25, -0.2) is 4.79 Å². The highest BCUT2D eigenvalue weighted by Crippen LogP contribution is 2.20. The molecule has 0 amide bonds. The molecule has 3 heteroatoms. The Balaban J connectivity index is 4.56. The Morgan fingerprint density at radius 3 is 1.90 bits per heavy atom. The van der Waals surface area contributed by atoms with Crippen molar-refractivity contribution in [3.05, 3.63) is 19.1 Å². The Bertz CT molecular complexity index is 282. The molecule has 20 heavy (non-hydrogen) atoms. The van der Waals surface area contributed by atoms with Gasteiger partial charge in [0.15, 0.2) is 0 Å². The normalized spacial score (nSPS) is 13.1. The minimum atomic E-state index is -0.295. The van der Waals surface area contributed by atoms with Gasteiger partial charge < -0.3 is 9.22 Å². The third-order valence-corrected chi connectivity index (χ3v) is 3.81. The van der Waals surface area contributed by atoms with Crippen LogP contribution in [0.15, 0.2) is 12.2 Å². The van der Waals surface area contributed by atoms with Crippen LogP contribution in [0.5, 0.6) is 0 Å². The molecule has 0 aliphatic rings. The van der Waals surface area contributed by atoms with Gasteiger partial charge in [-0.15, -0.1) is 0 Å². The first-order chi connectivity index (χ1) is 9.43. The van der Waals surface area contributed by atoms with Gasteiger partial charge in [-0.3, -0.25) is 0 Å². The predicted octanol–water partition coefficient (Wildman–Crippen LogP) is 3.75. The molecule has 0 aromatic carbocycles. The Morgan fingerprint density at radius 2 is 1.55 bits per heavy atom. The summed E-state index contributed by atoms with van der Waals surface area (Å²) in [7, 11) is 0. The molecule has 0 spiro atoms. The average molecular weight is 283 g/mol. The first-order valence-electron chi connectivity index (χ1n) is 7.95. The van der Waals surface area contributed by atoms with Crippen molar-refractivity contribution < 1.29 is 14.0 Å². The van der Waals surface area contributed by atoms with Crippen molar-refractivity contribution in [1.82, 2.24) is 0 Å². The number of carbonyl (C=O) groups is 1. The molecule has 0 fully saturated rings. The molecule has 0 bridgehead atoms. The molecule has 0 saturated carbocycles. The summed E-state index contributed by atoms with van der Waals surface area (Å²) in [5, 5.41) is 0. The van der Waals surface area contributed by atoms with Crippen LogP contribution in [0.4, 0.5) is 0 Å². The van der Waals surface area contributed by atoms with Gasteiger partial charge in [0.05, 0.1) is 32.3 Å². The topological polar surface area (TPSA) is 26.3 Å². The molecule has 3 nitrogen and oxygen atoms in total. The Kier molecular flexibility index (Phi) is 9.56. The van der Waals surface area contributed by atoms with Crippen LogP contribution in [0, 0.1) is 6.92 Å². The van der Waals surface area contributed by atoms with Gasteiger partial charge in [0.25, 0.3) is 0 Å². The van der Waals surface area contributed by atoms with Gasteiger partial charge >= 0.3 is 5.97 Å². The number of hydrogen-bond donors (Lipinski definition) is 0. The molecule has 0 N–H and O–H groups in total. The molecule has 0 aliphatic carbocycles. The summed E-state index contributed by atoms with van der Waals surface area (Å²) in [6.45, 7) is 20.2. The molecule has 0 rings (SSSR count). The summed E-state index contributed by atoms with van der Waals surface area (Å²) in [5.74, 6) is -0.295. The summed E-state index contributed by atoms with van der Waals surface area (Å²) in [6, 6.07) is 0.285. The summed E-state index contributed by atoms with van der Waals surface area (Å²) in [4.78, 5) is 11.4. The van der Waals surface area contributed by atoms with Gasteiger partial charge in [0.1, 0.15) is 0 Å². The Hall–Kier alpha value is -0.830. The lowest BCUT2D eigenvalue weighted by molar-refractivity contribution is -0.946. The number of quaternary nitrogens is 1. The van der Waals surface area contributed by atoms with E-state index in [1.807, 2.05) is 0 Å². The maximum atomic E-state index is 11.4. The van der Waals surface area contributed by atoms with Crippen molar-refractivity contribution >= 4 is 5.97 Å². The fourth-order valence-corrected chi connectivity index (χ4v) is 2.90. The van der Waals surface area contributed by atoms with Crippen LogP contribution < -0.4 is 0 Å². The van der Waals surface area contributed by atoms with E-state index in [4.69, 9.17) is 4.74 Å². The molecular weight excluding hydrogens is 250 g/mol. The maximum Gasteiger partial charge on any atom is 0.333 e. The highest BCUT2D eigenvalue weighted by Gasteiger charge is 2.31. The number of rotatable bonds is 11. The Morgan fingerprint density at radius 1 is 1.10 bits per heavy atom. The van der Waals surface area contributed by atoms with Crippen molar-refractivity contribution in [2.75, 3.05) is 26.2 Å². The van der Waals surface area contributed by atoms with Crippen LogP contribution in [0.25, 0.3) is 0 Å². The van der Waals surface area contributed by atoms with Crippen LogP contribution in [0.1, 0.15) is 53.4 Å². The first kappa shape index (κ1) is 19.2. The number of esters is 1. The van der Waals surface area contributed by atoms with Crippen molar-refractivity contribution in [3.63, 3.8) is 0 Å². The van der Waals surface area contributed by atoms with E-state index in [0.717, 1.165) is 49.8 Å². The van der Waals surface area contributed by atoms with Crippen LogP contribution in [-0.4, -0.2) is 42.7 Å². The number of nitrogens with zero attached hydrogens (tertiary/aromatic N) is 1. The summed E-state index contributed by atoms with van der Waals surface area (Å²) in [6.07, 6.45) is 4.31. The largest absolute Gasteiger partial charge is 0.462 e. The SMILES string of the molecule is [CH2]C(CCOC(=O)C(=C)C)[N+](CCC)(CCC)CCC. The van der Waals surface area contributed by atoms with E-state index in [1.165, 1.54) is 0 Å². The molecule has 0 heterocycles. The van der Waals surface area contributed by atoms with Crippen molar-refractivity contribution in [1.29, 1.82) is 0 Å². The van der Waals surface area contributed by atoms with E-state index in [1.54, 1.807) is 6.92 Å². The second-order valence-electron chi connectivity index (χ2n) is 5.75. The predicted molar refractivity (Wildman–Crippen MR) is 85.3 cm³/mol. The fraction of sp³-hybridized carbons (Fsp3) is 0.765. The molecule has 0 aromatic heterocycles. The van der Waals surface area contributed by atoms with Gasteiger partial charge in [-0.2, -0.15) is 0 Å². The third-order valence-electron chi connectivity index (χ3n) is 3.81. The van der Waals surface area contributed by atoms with Crippen LogP contribution in [0.3, 0.4) is 0 Å². The summed E-state index contributed by atoms with van der Waals surface area (Å²) >= 11 is 0. The molecule has 0 saturated heterocycles. The molecular formula is C17H33NO2+. The molecule has 1 atom stereocenters. The van der Waals surface area contributed by atoms with E-state index >= 15 is 0 Å². The Labute approximate surface area is 125 Å². The standard InChI is InChI=1S/C17H33NO2/c1-7-11-18(12-8-2,13-9-3)16(6)10-14-20-17(19)15(4)5/h16H,4,6-14H2,1-3,5H3/q+1. The molecule has 0 aliphatic heterocycles. The number of carbonyl (C=O) groups excluding carboxylic acids is 1. The molecule has 117 valence electrons. The third kappa shape index (κ3) is 6.08. The van der Waals surface area contributed by atoms with E-state index < -0.39 is 0 Å². The van der Waals surface area contributed by atoms with E-state index in [-0.39, 0.29) is 12.0 Å². The van der Waals surface area contributed by atoms with Crippen LogP contribution in [-0.2, 0) is 9.53 Å².